The van der Waals surface area contributed by atoms with Gasteiger partial charge in [-0.2, -0.15) is 5.10 Å². The number of piperidine rings is 1. The molecule has 5 nitrogen and oxygen atoms in total. The summed E-state index contributed by atoms with van der Waals surface area (Å²) in [5, 5.41) is 4.42. The molecule has 0 aromatic carbocycles. The van der Waals surface area contributed by atoms with Crippen molar-refractivity contribution in [1.29, 1.82) is 0 Å². The Bertz CT molecular complexity index is 498. The van der Waals surface area contributed by atoms with E-state index < -0.39 is 0 Å². The summed E-state index contributed by atoms with van der Waals surface area (Å²) in [7, 11) is 0. The molecule has 1 aliphatic carbocycles. The third-order valence-electron chi connectivity index (χ3n) is 4.88. The lowest BCUT2D eigenvalue weighted by Gasteiger charge is -2.36. The number of hydrogen-bond donors (Lipinski definition) is 1. The van der Waals surface area contributed by atoms with Gasteiger partial charge in [0.2, 0.25) is 5.91 Å². The molecular weight excluding hydrogens is 264 g/mol. The summed E-state index contributed by atoms with van der Waals surface area (Å²) in [5.74, 6) is 0.464. The third-order valence-corrected chi connectivity index (χ3v) is 4.88. The Morgan fingerprint density at radius 3 is 2.90 bits per heavy atom. The van der Waals surface area contributed by atoms with Crippen LogP contribution in [0.25, 0.3) is 0 Å². The average molecular weight is 290 g/mol. The van der Waals surface area contributed by atoms with E-state index in [1.807, 2.05) is 15.8 Å². The zero-order chi connectivity index (χ0) is 14.8. The zero-order valence-electron chi connectivity index (χ0n) is 12.9. The minimum Gasteiger partial charge on any atom is -0.340 e. The Balaban J connectivity index is 1.64. The molecule has 1 saturated carbocycles. The van der Waals surface area contributed by atoms with Crippen molar-refractivity contribution >= 4 is 5.91 Å². The molecule has 5 heteroatoms. The van der Waals surface area contributed by atoms with E-state index in [0.29, 0.717) is 11.9 Å². The number of amides is 1. The van der Waals surface area contributed by atoms with Crippen LogP contribution in [0.5, 0.6) is 0 Å². The van der Waals surface area contributed by atoms with E-state index in [4.69, 9.17) is 5.73 Å². The van der Waals surface area contributed by atoms with Gasteiger partial charge in [0.05, 0.1) is 12.2 Å². The average Bonchev–Trinajstić information content (AvgIpc) is 2.93. The number of likely N-dealkylation sites (tertiary alicyclic amines) is 1. The van der Waals surface area contributed by atoms with Crippen molar-refractivity contribution in [3.63, 3.8) is 0 Å². The summed E-state index contributed by atoms with van der Waals surface area (Å²) in [4.78, 5) is 14.8. The van der Waals surface area contributed by atoms with Crippen LogP contribution in [0, 0.1) is 12.8 Å². The van der Waals surface area contributed by atoms with Gasteiger partial charge in [-0.25, -0.2) is 0 Å². The van der Waals surface area contributed by atoms with Crippen LogP contribution in [-0.2, 0) is 4.79 Å². The van der Waals surface area contributed by atoms with E-state index in [-0.39, 0.29) is 12.0 Å². The topological polar surface area (TPSA) is 64.2 Å². The molecule has 1 saturated heterocycles. The second kappa shape index (κ2) is 6.18. The van der Waals surface area contributed by atoms with E-state index in [1.54, 1.807) is 0 Å². The van der Waals surface area contributed by atoms with Crippen molar-refractivity contribution in [2.75, 3.05) is 13.1 Å². The van der Waals surface area contributed by atoms with Gasteiger partial charge < -0.3 is 10.6 Å². The molecule has 2 aliphatic rings. The third kappa shape index (κ3) is 3.28. The quantitative estimate of drug-likeness (QED) is 0.904. The SMILES string of the molecule is Cc1cnn(C2CCCN(C(=O)C3CCCC(N)C3)C2)c1. The van der Waals surface area contributed by atoms with Crippen molar-refractivity contribution in [3.05, 3.63) is 18.0 Å². The van der Waals surface area contributed by atoms with E-state index in [0.717, 1.165) is 51.6 Å². The van der Waals surface area contributed by atoms with Gasteiger partial charge in [0.15, 0.2) is 0 Å². The Labute approximate surface area is 126 Å². The maximum atomic E-state index is 12.7. The van der Waals surface area contributed by atoms with E-state index in [1.165, 1.54) is 5.56 Å². The van der Waals surface area contributed by atoms with Crippen LogP contribution in [0.4, 0.5) is 0 Å². The molecule has 116 valence electrons. The van der Waals surface area contributed by atoms with Crippen molar-refractivity contribution < 1.29 is 4.79 Å². The van der Waals surface area contributed by atoms with E-state index >= 15 is 0 Å². The van der Waals surface area contributed by atoms with Crippen LogP contribution in [0.15, 0.2) is 12.4 Å². The molecule has 1 amide bonds. The molecule has 1 aromatic rings. The van der Waals surface area contributed by atoms with Gasteiger partial charge in [0.25, 0.3) is 0 Å². The Kier molecular flexibility index (Phi) is 4.29. The maximum Gasteiger partial charge on any atom is 0.225 e. The Morgan fingerprint density at radius 2 is 2.19 bits per heavy atom. The zero-order valence-corrected chi connectivity index (χ0v) is 12.9. The van der Waals surface area contributed by atoms with Crippen LogP contribution in [0.2, 0.25) is 0 Å². The van der Waals surface area contributed by atoms with Crippen molar-refractivity contribution in [1.82, 2.24) is 14.7 Å². The molecule has 0 radical (unpaired) electrons. The van der Waals surface area contributed by atoms with Gasteiger partial charge in [-0.15, -0.1) is 0 Å². The van der Waals surface area contributed by atoms with Gasteiger partial charge in [0, 0.05) is 31.2 Å². The summed E-state index contributed by atoms with van der Waals surface area (Å²) >= 11 is 0. The van der Waals surface area contributed by atoms with Gasteiger partial charge in [-0.05, 0) is 44.6 Å². The van der Waals surface area contributed by atoms with Gasteiger partial charge in [-0.3, -0.25) is 9.48 Å². The lowest BCUT2D eigenvalue weighted by Crippen LogP contribution is -2.45. The molecule has 3 atom stereocenters. The lowest BCUT2D eigenvalue weighted by atomic mass is 9.85. The summed E-state index contributed by atoms with van der Waals surface area (Å²) in [5.41, 5.74) is 7.21. The first kappa shape index (κ1) is 14.6. The van der Waals surface area contributed by atoms with Crippen LogP contribution >= 0.6 is 0 Å². The number of aryl methyl sites for hydroxylation is 1. The second-order valence-corrected chi connectivity index (χ2v) is 6.70. The van der Waals surface area contributed by atoms with Gasteiger partial charge >= 0.3 is 0 Å². The van der Waals surface area contributed by atoms with E-state index in [2.05, 4.69) is 18.2 Å². The lowest BCUT2D eigenvalue weighted by molar-refractivity contribution is -0.138. The monoisotopic (exact) mass is 290 g/mol. The van der Waals surface area contributed by atoms with Crippen LogP contribution in [0.1, 0.15) is 50.1 Å². The minimum absolute atomic E-state index is 0.145. The Hall–Kier alpha value is -1.36. The molecule has 1 aliphatic heterocycles. The fraction of sp³-hybridized carbons (Fsp3) is 0.750. The highest BCUT2D eigenvalue weighted by Crippen LogP contribution is 2.28. The normalized spacial score (nSPS) is 30.4. The molecule has 3 rings (SSSR count). The summed E-state index contributed by atoms with van der Waals surface area (Å²) in [6.45, 7) is 3.74. The highest BCUT2D eigenvalue weighted by molar-refractivity contribution is 5.79. The molecule has 0 bridgehead atoms. The fourth-order valence-corrected chi connectivity index (χ4v) is 3.71. The molecule has 0 spiro atoms. The summed E-state index contributed by atoms with van der Waals surface area (Å²) in [6.07, 6.45) is 10.2. The standard InChI is InChI=1S/C16H26N4O/c1-12-9-18-20(10-12)15-6-3-7-19(11-15)16(21)13-4-2-5-14(17)8-13/h9-10,13-15H,2-8,11,17H2,1H3. The minimum atomic E-state index is 0.145. The number of carbonyl (C=O) groups excluding carboxylic acids is 1. The highest BCUT2D eigenvalue weighted by atomic mass is 16.2. The second-order valence-electron chi connectivity index (χ2n) is 6.70. The number of carbonyl (C=O) groups is 1. The predicted octanol–water partition coefficient (Wildman–Crippen LogP) is 1.87. The first-order valence-corrected chi connectivity index (χ1v) is 8.18. The van der Waals surface area contributed by atoms with Gasteiger partial charge in [0.1, 0.15) is 0 Å². The largest absolute Gasteiger partial charge is 0.340 e. The summed E-state index contributed by atoms with van der Waals surface area (Å²) in [6, 6.07) is 0.538. The van der Waals surface area contributed by atoms with Crippen LogP contribution < -0.4 is 5.73 Å². The first-order chi connectivity index (χ1) is 10.1. The number of aromatic nitrogens is 2. The molecule has 2 fully saturated rings. The maximum absolute atomic E-state index is 12.7. The molecule has 2 N–H and O–H groups in total. The van der Waals surface area contributed by atoms with Crippen molar-refractivity contribution in [3.8, 4) is 0 Å². The highest BCUT2D eigenvalue weighted by Gasteiger charge is 2.32. The molecule has 2 heterocycles. The van der Waals surface area contributed by atoms with Crippen molar-refractivity contribution in [2.24, 2.45) is 11.7 Å². The van der Waals surface area contributed by atoms with E-state index in [9.17, 15) is 4.79 Å². The Morgan fingerprint density at radius 1 is 1.33 bits per heavy atom. The van der Waals surface area contributed by atoms with Gasteiger partial charge in [-0.1, -0.05) is 6.42 Å². The number of hydrogen-bond acceptors (Lipinski definition) is 3. The fourth-order valence-electron chi connectivity index (χ4n) is 3.71. The van der Waals surface area contributed by atoms with Crippen LogP contribution in [-0.4, -0.2) is 39.7 Å². The number of nitrogens with two attached hydrogens (primary N) is 1. The number of nitrogens with zero attached hydrogens (tertiary/aromatic N) is 3. The predicted molar refractivity (Wildman–Crippen MR) is 81.7 cm³/mol. The molecule has 21 heavy (non-hydrogen) atoms. The summed E-state index contributed by atoms with van der Waals surface area (Å²) < 4.78 is 2.03. The number of rotatable bonds is 2. The molecule has 3 unspecified atom stereocenters. The van der Waals surface area contributed by atoms with Crippen LogP contribution in [0.3, 0.4) is 0 Å². The first-order valence-electron chi connectivity index (χ1n) is 8.18. The smallest absolute Gasteiger partial charge is 0.225 e. The molecular formula is C16H26N4O. The molecule has 1 aromatic heterocycles. The van der Waals surface area contributed by atoms with Crippen molar-refractivity contribution in [2.45, 2.75) is 57.5 Å².